The van der Waals surface area contributed by atoms with E-state index >= 15 is 0 Å². The number of aliphatic hydroxyl groups is 1. The Morgan fingerprint density at radius 1 is 1.35 bits per heavy atom. The van der Waals surface area contributed by atoms with E-state index in [1.54, 1.807) is 6.07 Å². The lowest BCUT2D eigenvalue weighted by Gasteiger charge is -2.20. The van der Waals surface area contributed by atoms with Crippen molar-refractivity contribution < 1.29 is 22.7 Å². The highest BCUT2D eigenvalue weighted by molar-refractivity contribution is 7.13. The van der Waals surface area contributed by atoms with Gasteiger partial charge in [-0.25, -0.2) is 0 Å². The molecule has 2 rings (SSSR count). The van der Waals surface area contributed by atoms with E-state index in [9.17, 15) is 13.2 Å². The van der Waals surface area contributed by atoms with Gasteiger partial charge in [0.15, 0.2) is 0 Å². The van der Waals surface area contributed by atoms with E-state index in [-0.39, 0.29) is 31.5 Å². The van der Waals surface area contributed by atoms with Crippen molar-refractivity contribution in [1.29, 1.82) is 0 Å². The van der Waals surface area contributed by atoms with Gasteiger partial charge in [-0.1, -0.05) is 6.07 Å². The Bertz CT molecular complexity index is 527. The first kappa shape index (κ1) is 14.9. The quantitative estimate of drug-likeness (QED) is 0.886. The van der Waals surface area contributed by atoms with Crippen LogP contribution in [0.4, 0.5) is 13.2 Å². The molecular formula is C11H12F3N3O2S. The minimum atomic E-state index is -4.34. The summed E-state index contributed by atoms with van der Waals surface area (Å²) in [4.78, 5) is 1.76. The fourth-order valence-electron chi connectivity index (χ4n) is 1.62. The highest BCUT2D eigenvalue weighted by atomic mass is 32.1. The number of alkyl halides is 3. The summed E-state index contributed by atoms with van der Waals surface area (Å²) in [5, 5.41) is 18.1. The Morgan fingerprint density at radius 3 is 2.75 bits per heavy atom. The molecule has 0 radical (unpaired) electrons. The number of rotatable bonds is 6. The van der Waals surface area contributed by atoms with Crippen molar-refractivity contribution in [3.63, 3.8) is 0 Å². The van der Waals surface area contributed by atoms with Gasteiger partial charge >= 0.3 is 6.18 Å². The van der Waals surface area contributed by atoms with Gasteiger partial charge in [0.2, 0.25) is 5.89 Å². The van der Waals surface area contributed by atoms with Gasteiger partial charge in [0.1, 0.15) is 0 Å². The third kappa shape index (κ3) is 4.29. The first-order valence-electron chi connectivity index (χ1n) is 5.74. The zero-order valence-electron chi connectivity index (χ0n) is 10.3. The molecule has 2 aromatic heterocycles. The molecule has 0 saturated carbocycles. The molecule has 0 spiro atoms. The monoisotopic (exact) mass is 307 g/mol. The van der Waals surface area contributed by atoms with Gasteiger partial charge in [-0.05, 0) is 11.4 Å². The number of halogens is 3. The number of hydrogen-bond donors (Lipinski definition) is 1. The molecule has 0 aliphatic heterocycles. The van der Waals surface area contributed by atoms with Crippen LogP contribution in [0.3, 0.4) is 0 Å². The molecule has 0 fully saturated rings. The lowest BCUT2D eigenvalue weighted by Crippen LogP contribution is -2.35. The van der Waals surface area contributed by atoms with Crippen molar-refractivity contribution >= 4 is 11.3 Å². The van der Waals surface area contributed by atoms with Crippen molar-refractivity contribution in [2.45, 2.75) is 12.7 Å². The minimum absolute atomic E-state index is 0.0890. The van der Waals surface area contributed by atoms with Gasteiger partial charge in [0, 0.05) is 6.54 Å². The lowest BCUT2D eigenvalue weighted by atomic mass is 10.4. The Balaban J connectivity index is 2.03. The standard InChI is InChI=1S/C11H12F3N3O2S/c12-11(13,14)7-17(3-4-18)6-9-15-16-10(19-9)8-2-1-5-20-8/h1-2,5,18H,3-4,6-7H2. The molecule has 0 atom stereocenters. The molecule has 2 heterocycles. The molecule has 0 amide bonds. The molecule has 0 saturated heterocycles. The van der Waals surface area contributed by atoms with Crippen LogP contribution in [0.2, 0.25) is 0 Å². The Morgan fingerprint density at radius 2 is 2.15 bits per heavy atom. The van der Waals surface area contributed by atoms with Crippen LogP contribution in [0.1, 0.15) is 5.89 Å². The SMILES string of the molecule is OCCN(Cc1nnc(-c2cccs2)o1)CC(F)(F)F. The maximum absolute atomic E-state index is 12.4. The molecule has 0 bridgehead atoms. The van der Waals surface area contributed by atoms with Gasteiger partial charge in [-0.3, -0.25) is 4.90 Å². The Hall–Kier alpha value is -1.45. The predicted octanol–water partition coefficient (Wildman–Crippen LogP) is 2.15. The summed E-state index contributed by atoms with van der Waals surface area (Å²) < 4.78 is 42.4. The molecule has 1 N–H and O–H groups in total. The molecular weight excluding hydrogens is 295 g/mol. The zero-order valence-corrected chi connectivity index (χ0v) is 11.1. The summed E-state index contributed by atoms with van der Waals surface area (Å²) in [6, 6.07) is 3.59. The van der Waals surface area contributed by atoms with Gasteiger partial charge in [0.25, 0.3) is 5.89 Å². The van der Waals surface area contributed by atoms with E-state index in [2.05, 4.69) is 10.2 Å². The number of hydrogen-bond acceptors (Lipinski definition) is 6. The van der Waals surface area contributed by atoms with Crippen LogP contribution in [-0.2, 0) is 6.54 Å². The molecule has 110 valence electrons. The molecule has 0 aliphatic rings. The molecule has 0 aromatic carbocycles. The fraction of sp³-hybridized carbons (Fsp3) is 0.455. The van der Waals surface area contributed by atoms with E-state index in [0.717, 1.165) is 9.78 Å². The maximum Gasteiger partial charge on any atom is 0.401 e. The highest BCUT2D eigenvalue weighted by Gasteiger charge is 2.31. The third-order valence-corrected chi connectivity index (χ3v) is 3.23. The molecule has 2 aromatic rings. The molecule has 0 unspecified atom stereocenters. The van der Waals surface area contributed by atoms with Crippen LogP contribution < -0.4 is 0 Å². The molecule has 9 heteroatoms. The van der Waals surface area contributed by atoms with Crippen LogP contribution in [0, 0.1) is 0 Å². The minimum Gasteiger partial charge on any atom is -0.419 e. The summed E-state index contributed by atoms with van der Waals surface area (Å²) in [6.45, 7) is -1.78. The van der Waals surface area contributed by atoms with E-state index in [0.29, 0.717) is 0 Å². The third-order valence-electron chi connectivity index (χ3n) is 2.38. The lowest BCUT2D eigenvalue weighted by molar-refractivity contribution is -0.148. The van der Waals surface area contributed by atoms with Crippen molar-refractivity contribution in [1.82, 2.24) is 15.1 Å². The van der Waals surface area contributed by atoms with Crippen molar-refractivity contribution in [3.8, 4) is 10.8 Å². The summed E-state index contributed by atoms with van der Waals surface area (Å²) in [7, 11) is 0. The maximum atomic E-state index is 12.4. The number of aromatic nitrogens is 2. The molecule has 5 nitrogen and oxygen atoms in total. The smallest absolute Gasteiger partial charge is 0.401 e. The number of thiophene rings is 1. The van der Waals surface area contributed by atoms with Gasteiger partial charge in [0.05, 0.1) is 24.6 Å². The highest BCUT2D eigenvalue weighted by Crippen LogP contribution is 2.24. The number of aliphatic hydroxyl groups excluding tert-OH is 1. The fourth-order valence-corrected chi connectivity index (χ4v) is 2.26. The summed E-state index contributed by atoms with van der Waals surface area (Å²) in [5.41, 5.74) is 0. The van der Waals surface area contributed by atoms with Gasteiger partial charge < -0.3 is 9.52 Å². The van der Waals surface area contributed by atoms with Crippen molar-refractivity contribution in [3.05, 3.63) is 23.4 Å². The van der Waals surface area contributed by atoms with Crippen LogP contribution in [-0.4, -0.2) is 46.1 Å². The van der Waals surface area contributed by atoms with Crippen molar-refractivity contribution in [2.75, 3.05) is 19.7 Å². The second kappa shape index (κ2) is 6.33. The largest absolute Gasteiger partial charge is 0.419 e. The van der Waals surface area contributed by atoms with Crippen LogP contribution in [0.25, 0.3) is 10.8 Å². The summed E-state index contributed by atoms with van der Waals surface area (Å²) in [5.74, 6) is 0.372. The summed E-state index contributed by atoms with van der Waals surface area (Å²) >= 11 is 1.40. The second-order valence-electron chi connectivity index (χ2n) is 4.03. The first-order valence-corrected chi connectivity index (χ1v) is 6.62. The summed E-state index contributed by atoms with van der Waals surface area (Å²) in [6.07, 6.45) is -4.34. The van der Waals surface area contributed by atoms with E-state index in [1.165, 1.54) is 11.3 Å². The van der Waals surface area contributed by atoms with E-state index in [1.807, 2.05) is 11.4 Å². The van der Waals surface area contributed by atoms with Gasteiger partial charge in [-0.15, -0.1) is 21.5 Å². The average molecular weight is 307 g/mol. The Kier molecular flexibility index (Phi) is 4.73. The first-order chi connectivity index (χ1) is 9.48. The Labute approximate surface area is 116 Å². The van der Waals surface area contributed by atoms with Crippen LogP contribution >= 0.6 is 11.3 Å². The average Bonchev–Trinajstić information content (AvgIpc) is 2.96. The van der Waals surface area contributed by atoms with Gasteiger partial charge in [-0.2, -0.15) is 13.2 Å². The normalized spacial score (nSPS) is 12.2. The van der Waals surface area contributed by atoms with E-state index in [4.69, 9.17) is 9.52 Å². The second-order valence-corrected chi connectivity index (χ2v) is 4.98. The number of nitrogens with zero attached hydrogens (tertiary/aromatic N) is 3. The molecule has 20 heavy (non-hydrogen) atoms. The zero-order chi connectivity index (χ0) is 14.6. The van der Waals surface area contributed by atoms with Crippen LogP contribution in [0.15, 0.2) is 21.9 Å². The molecule has 0 aliphatic carbocycles. The topological polar surface area (TPSA) is 62.4 Å². The van der Waals surface area contributed by atoms with E-state index < -0.39 is 12.7 Å². The van der Waals surface area contributed by atoms with Crippen LogP contribution in [0.5, 0.6) is 0 Å². The van der Waals surface area contributed by atoms with Crippen molar-refractivity contribution in [2.24, 2.45) is 0 Å². The predicted molar refractivity (Wildman–Crippen MR) is 66.0 cm³/mol.